The number of carbonyl (C=O) groups is 1. The van der Waals surface area contributed by atoms with Crippen molar-refractivity contribution >= 4 is 11.5 Å². The molecule has 0 radical (unpaired) electrons. The van der Waals surface area contributed by atoms with E-state index in [1.807, 2.05) is 13.0 Å². The summed E-state index contributed by atoms with van der Waals surface area (Å²) in [4.78, 5) is 10.6. The third kappa shape index (κ3) is 3.17. The summed E-state index contributed by atoms with van der Waals surface area (Å²) >= 11 is 0. The first-order valence-electron chi connectivity index (χ1n) is 4.59. The Kier molecular flexibility index (Phi) is 3.63. The van der Waals surface area contributed by atoms with Crippen LogP contribution in [-0.4, -0.2) is 12.3 Å². The van der Waals surface area contributed by atoms with Gasteiger partial charge in [0.15, 0.2) is 0 Å². The highest BCUT2D eigenvalue weighted by molar-refractivity contribution is 5.76. The van der Waals surface area contributed by atoms with Gasteiger partial charge in [-0.05, 0) is 31.5 Å². The van der Waals surface area contributed by atoms with Crippen LogP contribution in [-0.2, 0) is 4.79 Å². The Hall–Kier alpha value is -1.38. The lowest BCUT2D eigenvalue weighted by molar-refractivity contribution is -0.116. The summed E-state index contributed by atoms with van der Waals surface area (Å²) in [5.41, 5.74) is 1.34. The van der Waals surface area contributed by atoms with Crippen LogP contribution in [0.2, 0.25) is 0 Å². The van der Waals surface area contributed by atoms with Gasteiger partial charge in [0.1, 0.15) is 11.6 Å². The van der Waals surface area contributed by atoms with Crippen LogP contribution in [0.25, 0.3) is 0 Å². The standard InChI is InChI=1S/C11H14FNO/c1-8-3-4-11(10(12)7-8)13-6-5-9(2)14/h3-4,7,13H,5-6H2,1-2H3. The maximum Gasteiger partial charge on any atom is 0.146 e. The van der Waals surface area contributed by atoms with Crippen LogP contribution in [0.15, 0.2) is 18.2 Å². The maximum absolute atomic E-state index is 13.2. The molecule has 0 bridgehead atoms. The first-order valence-corrected chi connectivity index (χ1v) is 4.59. The third-order valence-electron chi connectivity index (χ3n) is 1.92. The highest BCUT2D eigenvalue weighted by Gasteiger charge is 2.01. The molecular weight excluding hydrogens is 181 g/mol. The molecule has 0 aromatic heterocycles. The normalized spacial score (nSPS) is 9.93. The van der Waals surface area contributed by atoms with Gasteiger partial charge in [0.2, 0.25) is 0 Å². The molecule has 0 spiro atoms. The summed E-state index contributed by atoms with van der Waals surface area (Å²) in [6.45, 7) is 3.84. The van der Waals surface area contributed by atoms with Crippen LogP contribution in [0.4, 0.5) is 10.1 Å². The van der Waals surface area contributed by atoms with Gasteiger partial charge < -0.3 is 5.32 Å². The summed E-state index contributed by atoms with van der Waals surface area (Å²) in [6, 6.07) is 4.99. The van der Waals surface area contributed by atoms with Crippen LogP contribution in [0.3, 0.4) is 0 Å². The van der Waals surface area contributed by atoms with Crippen molar-refractivity contribution < 1.29 is 9.18 Å². The van der Waals surface area contributed by atoms with Gasteiger partial charge in [-0.25, -0.2) is 4.39 Å². The molecule has 0 aliphatic heterocycles. The summed E-state index contributed by atoms with van der Waals surface area (Å²) in [5.74, 6) is -0.168. The molecule has 0 amide bonds. The van der Waals surface area contributed by atoms with E-state index >= 15 is 0 Å². The van der Waals surface area contributed by atoms with Crippen molar-refractivity contribution in [1.82, 2.24) is 0 Å². The first-order chi connectivity index (χ1) is 6.59. The lowest BCUT2D eigenvalue weighted by atomic mass is 10.2. The van der Waals surface area contributed by atoms with E-state index in [2.05, 4.69) is 5.32 Å². The molecule has 1 rings (SSSR count). The predicted molar refractivity (Wildman–Crippen MR) is 54.9 cm³/mol. The van der Waals surface area contributed by atoms with E-state index in [1.165, 1.54) is 13.0 Å². The van der Waals surface area contributed by atoms with Crippen LogP contribution in [0.1, 0.15) is 18.9 Å². The average Bonchev–Trinajstić information content (AvgIpc) is 2.08. The van der Waals surface area contributed by atoms with E-state index in [-0.39, 0.29) is 11.6 Å². The zero-order valence-corrected chi connectivity index (χ0v) is 8.43. The van der Waals surface area contributed by atoms with Crippen LogP contribution in [0.5, 0.6) is 0 Å². The van der Waals surface area contributed by atoms with Crippen molar-refractivity contribution in [1.29, 1.82) is 0 Å². The van der Waals surface area contributed by atoms with E-state index in [0.717, 1.165) is 5.56 Å². The van der Waals surface area contributed by atoms with Crippen molar-refractivity contribution in [2.75, 3.05) is 11.9 Å². The molecule has 0 aliphatic carbocycles. The van der Waals surface area contributed by atoms with Crippen LogP contribution in [0, 0.1) is 12.7 Å². The molecule has 1 aromatic rings. The topological polar surface area (TPSA) is 29.1 Å². The highest BCUT2D eigenvalue weighted by Crippen LogP contribution is 2.14. The summed E-state index contributed by atoms with van der Waals surface area (Å²) in [7, 11) is 0. The summed E-state index contributed by atoms with van der Waals surface area (Å²) < 4.78 is 13.2. The van der Waals surface area contributed by atoms with Gasteiger partial charge in [-0.3, -0.25) is 4.79 Å². The van der Waals surface area contributed by atoms with Gasteiger partial charge in [0, 0.05) is 13.0 Å². The van der Waals surface area contributed by atoms with E-state index < -0.39 is 0 Å². The highest BCUT2D eigenvalue weighted by atomic mass is 19.1. The monoisotopic (exact) mass is 195 g/mol. The Morgan fingerprint density at radius 1 is 1.50 bits per heavy atom. The van der Waals surface area contributed by atoms with Crippen LogP contribution < -0.4 is 5.32 Å². The minimum absolute atomic E-state index is 0.102. The maximum atomic E-state index is 13.2. The molecule has 2 nitrogen and oxygen atoms in total. The summed E-state index contributed by atoms with van der Waals surface area (Å²) in [5, 5.41) is 2.88. The van der Waals surface area contributed by atoms with Gasteiger partial charge in [-0.2, -0.15) is 0 Å². The smallest absolute Gasteiger partial charge is 0.146 e. The fourth-order valence-corrected chi connectivity index (χ4v) is 1.14. The molecule has 0 saturated carbocycles. The summed E-state index contributed by atoms with van der Waals surface area (Å²) in [6.07, 6.45) is 0.424. The average molecular weight is 195 g/mol. The van der Waals surface area contributed by atoms with E-state index in [0.29, 0.717) is 18.7 Å². The zero-order valence-electron chi connectivity index (χ0n) is 8.43. The number of aryl methyl sites for hydroxylation is 1. The molecular formula is C11H14FNO. The van der Waals surface area contributed by atoms with Crippen molar-refractivity contribution in [3.05, 3.63) is 29.6 Å². The van der Waals surface area contributed by atoms with Gasteiger partial charge in [0.05, 0.1) is 5.69 Å². The Balaban J connectivity index is 2.55. The molecule has 0 unspecified atom stereocenters. The molecule has 0 aliphatic rings. The molecule has 0 atom stereocenters. The third-order valence-corrected chi connectivity index (χ3v) is 1.92. The predicted octanol–water partition coefficient (Wildman–Crippen LogP) is 2.53. The molecule has 3 heteroatoms. The van der Waals surface area contributed by atoms with Gasteiger partial charge in [-0.15, -0.1) is 0 Å². The van der Waals surface area contributed by atoms with E-state index in [1.54, 1.807) is 6.07 Å². The lowest BCUT2D eigenvalue weighted by Gasteiger charge is -2.06. The number of Topliss-reactive ketones (excluding diaryl/α,β-unsaturated/α-hetero) is 1. The quantitative estimate of drug-likeness (QED) is 0.799. The molecule has 14 heavy (non-hydrogen) atoms. The fourth-order valence-electron chi connectivity index (χ4n) is 1.14. The molecule has 0 saturated heterocycles. The Morgan fingerprint density at radius 3 is 2.79 bits per heavy atom. The Bertz CT molecular complexity index is 336. The van der Waals surface area contributed by atoms with E-state index in [4.69, 9.17) is 0 Å². The molecule has 1 N–H and O–H groups in total. The lowest BCUT2D eigenvalue weighted by Crippen LogP contribution is -2.07. The molecule has 76 valence electrons. The Labute approximate surface area is 83.1 Å². The molecule has 1 aromatic carbocycles. The molecule has 0 heterocycles. The second-order valence-electron chi connectivity index (χ2n) is 3.36. The van der Waals surface area contributed by atoms with Crippen molar-refractivity contribution in [3.8, 4) is 0 Å². The van der Waals surface area contributed by atoms with Crippen LogP contribution >= 0.6 is 0 Å². The van der Waals surface area contributed by atoms with Gasteiger partial charge in [-0.1, -0.05) is 6.07 Å². The number of carbonyl (C=O) groups excluding carboxylic acids is 1. The second-order valence-corrected chi connectivity index (χ2v) is 3.36. The number of rotatable bonds is 4. The minimum atomic E-state index is -0.270. The van der Waals surface area contributed by atoms with E-state index in [9.17, 15) is 9.18 Å². The zero-order chi connectivity index (χ0) is 10.6. The number of nitrogens with one attached hydrogen (secondary N) is 1. The number of benzene rings is 1. The number of anilines is 1. The first kappa shape index (κ1) is 10.7. The Morgan fingerprint density at radius 2 is 2.21 bits per heavy atom. The van der Waals surface area contributed by atoms with Gasteiger partial charge >= 0.3 is 0 Å². The fraction of sp³-hybridized carbons (Fsp3) is 0.364. The SMILES string of the molecule is CC(=O)CCNc1ccc(C)cc1F. The van der Waals surface area contributed by atoms with Crippen molar-refractivity contribution in [3.63, 3.8) is 0 Å². The minimum Gasteiger partial charge on any atom is -0.382 e. The van der Waals surface area contributed by atoms with Crippen molar-refractivity contribution in [2.45, 2.75) is 20.3 Å². The van der Waals surface area contributed by atoms with Crippen molar-refractivity contribution in [2.24, 2.45) is 0 Å². The second kappa shape index (κ2) is 4.74. The number of ketones is 1. The van der Waals surface area contributed by atoms with Gasteiger partial charge in [0.25, 0.3) is 0 Å². The number of halogens is 1. The number of hydrogen-bond donors (Lipinski definition) is 1. The number of hydrogen-bond acceptors (Lipinski definition) is 2. The molecule has 0 fully saturated rings. The largest absolute Gasteiger partial charge is 0.382 e.